The Morgan fingerprint density at radius 2 is 1.89 bits per heavy atom. The molecule has 3 aromatic rings. The number of allylic oxidation sites excluding steroid dienone is 3. The molecule has 5 heteroatoms. The van der Waals surface area contributed by atoms with Gasteiger partial charge in [0.05, 0.1) is 30.1 Å². The van der Waals surface area contributed by atoms with Crippen LogP contribution < -0.4 is 4.90 Å². The third-order valence-electron chi connectivity index (χ3n) is 5.12. The second-order valence-corrected chi connectivity index (χ2v) is 6.74. The molecule has 0 aliphatic carbocycles. The van der Waals surface area contributed by atoms with Crippen LogP contribution in [0, 0.1) is 0 Å². The molecule has 0 N–H and O–H groups in total. The van der Waals surface area contributed by atoms with Crippen molar-refractivity contribution in [2.45, 2.75) is 19.8 Å². The normalized spacial score (nSPS) is 16.9. The van der Waals surface area contributed by atoms with E-state index in [-0.39, 0.29) is 11.9 Å². The van der Waals surface area contributed by atoms with Gasteiger partial charge in [0, 0.05) is 35.1 Å². The topological polar surface area (TPSA) is 55.3 Å². The molecule has 1 aliphatic heterocycles. The number of carbonyl (C=O) groups excluding carboxylic acids is 1. The first-order chi connectivity index (χ1) is 13.6. The Bertz CT molecular complexity index is 1100. The lowest BCUT2D eigenvalue weighted by atomic mass is 9.84. The van der Waals surface area contributed by atoms with Crippen LogP contribution in [0.5, 0.6) is 0 Å². The minimum atomic E-state index is -0.332. The molecule has 5 nitrogen and oxygen atoms in total. The minimum absolute atomic E-state index is 0.215. The van der Waals surface area contributed by atoms with Gasteiger partial charge < -0.3 is 9.64 Å². The number of methoxy groups -OCH3 is 1. The summed E-state index contributed by atoms with van der Waals surface area (Å²) in [4.78, 5) is 23.5. The van der Waals surface area contributed by atoms with Crippen LogP contribution in [0.2, 0.25) is 0 Å². The van der Waals surface area contributed by atoms with Crippen LogP contribution >= 0.6 is 0 Å². The summed E-state index contributed by atoms with van der Waals surface area (Å²) in [5.41, 5.74) is 5.34. The molecule has 0 fully saturated rings. The van der Waals surface area contributed by atoms with Crippen molar-refractivity contribution in [3.63, 3.8) is 0 Å². The lowest BCUT2D eigenvalue weighted by Gasteiger charge is -2.35. The lowest BCUT2D eigenvalue weighted by molar-refractivity contribution is -0.136. The Morgan fingerprint density at radius 1 is 1.07 bits per heavy atom. The van der Waals surface area contributed by atoms with Crippen LogP contribution in [0.1, 0.15) is 25.3 Å². The molecule has 140 valence electrons. The first kappa shape index (κ1) is 17.9. The zero-order chi connectivity index (χ0) is 19.7. The van der Waals surface area contributed by atoms with Gasteiger partial charge in [-0.2, -0.15) is 0 Å². The van der Waals surface area contributed by atoms with E-state index in [1.807, 2.05) is 61.2 Å². The van der Waals surface area contributed by atoms with E-state index >= 15 is 0 Å². The summed E-state index contributed by atoms with van der Waals surface area (Å²) in [7, 11) is 1.42. The number of esters is 1. The molecule has 1 aromatic carbocycles. The van der Waals surface area contributed by atoms with Gasteiger partial charge in [-0.05, 0) is 43.7 Å². The second kappa shape index (κ2) is 7.27. The van der Waals surface area contributed by atoms with Gasteiger partial charge in [-0.25, -0.2) is 4.79 Å². The third-order valence-corrected chi connectivity index (χ3v) is 5.12. The predicted molar refractivity (Wildman–Crippen MR) is 110 cm³/mol. The Kier molecular flexibility index (Phi) is 4.65. The summed E-state index contributed by atoms with van der Waals surface area (Å²) in [6, 6.07) is 13.8. The van der Waals surface area contributed by atoms with Crippen LogP contribution in [-0.4, -0.2) is 23.0 Å². The number of hydrogen-bond donors (Lipinski definition) is 0. The number of hydrogen-bond acceptors (Lipinski definition) is 5. The highest BCUT2D eigenvalue weighted by Gasteiger charge is 2.32. The van der Waals surface area contributed by atoms with Gasteiger partial charge in [-0.3, -0.25) is 9.97 Å². The molecule has 0 bridgehead atoms. The number of benzene rings is 1. The van der Waals surface area contributed by atoms with E-state index in [2.05, 4.69) is 16.0 Å². The number of carbonyl (C=O) groups is 1. The van der Waals surface area contributed by atoms with Crippen molar-refractivity contribution in [2.75, 3.05) is 12.0 Å². The van der Waals surface area contributed by atoms with Gasteiger partial charge in [0.25, 0.3) is 0 Å². The van der Waals surface area contributed by atoms with E-state index in [0.717, 1.165) is 33.5 Å². The Labute approximate surface area is 164 Å². The predicted octanol–water partition coefficient (Wildman–Crippen LogP) is 4.58. The van der Waals surface area contributed by atoms with Crippen molar-refractivity contribution in [3.8, 4) is 0 Å². The molecule has 0 spiro atoms. The van der Waals surface area contributed by atoms with E-state index in [4.69, 9.17) is 4.74 Å². The fourth-order valence-electron chi connectivity index (χ4n) is 3.91. The summed E-state index contributed by atoms with van der Waals surface area (Å²) in [5, 5.41) is 1.03. The highest BCUT2D eigenvalue weighted by molar-refractivity contribution is 5.95. The van der Waals surface area contributed by atoms with Gasteiger partial charge in [0.15, 0.2) is 0 Å². The quantitative estimate of drug-likeness (QED) is 0.631. The number of nitrogens with zero attached hydrogens (tertiary/aromatic N) is 3. The number of ether oxygens (including phenoxy) is 1. The van der Waals surface area contributed by atoms with E-state index in [9.17, 15) is 4.79 Å². The molecule has 1 unspecified atom stereocenters. The van der Waals surface area contributed by atoms with Crippen LogP contribution in [0.3, 0.4) is 0 Å². The smallest absolute Gasteiger partial charge is 0.336 e. The number of pyridine rings is 2. The maximum Gasteiger partial charge on any atom is 0.336 e. The van der Waals surface area contributed by atoms with E-state index in [1.54, 1.807) is 18.6 Å². The molecule has 0 saturated heterocycles. The van der Waals surface area contributed by atoms with Gasteiger partial charge >= 0.3 is 5.97 Å². The average Bonchev–Trinajstić information content (AvgIpc) is 2.73. The number of fused-ring (bicyclic) bond motifs is 1. The van der Waals surface area contributed by atoms with Crippen molar-refractivity contribution < 1.29 is 9.53 Å². The largest absolute Gasteiger partial charge is 0.466 e. The Hall–Kier alpha value is -3.47. The molecule has 4 rings (SSSR count). The van der Waals surface area contributed by atoms with Crippen molar-refractivity contribution in [3.05, 3.63) is 89.7 Å². The minimum Gasteiger partial charge on any atom is -0.466 e. The summed E-state index contributed by atoms with van der Waals surface area (Å²) in [5.74, 6) is -0.547. The summed E-state index contributed by atoms with van der Waals surface area (Å²) in [6.07, 6.45) is 7.42. The van der Waals surface area contributed by atoms with Crippen molar-refractivity contribution in [1.29, 1.82) is 0 Å². The van der Waals surface area contributed by atoms with Crippen LogP contribution in [0.15, 0.2) is 84.1 Å². The standard InChI is InChI=1S/C23H21N3O2/c1-15-13-20(18-10-12-25-21-9-5-4-8-19(18)21)22(23(27)28-3)16(2)26(15)17-7-6-11-24-14-17/h4-14,20H,1-3H3. The summed E-state index contributed by atoms with van der Waals surface area (Å²) < 4.78 is 5.16. The molecular weight excluding hydrogens is 350 g/mol. The highest BCUT2D eigenvalue weighted by atomic mass is 16.5. The van der Waals surface area contributed by atoms with Crippen molar-refractivity contribution in [2.24, 2.45) is 0 Å². The number of rotatable bonds is 3. The molecule has 3 heterocycles. The number of para-hydroxylation sites is 1. The Balaban J connectivity index is 1.93. The summed E-state index contributed by atoms with van der Waals surface area (Å²) in [6.45, 7) is 3.99. The monoisotopic (exact) mass is 371 g/mol. The van der Waals surface area contributed by atoms with Gasteiger partial charge in [-0.15, -0.1) is 0 Å². The fourth-order valence-corrected chi connectivity index (χ4v) is 3.91. The maximum atomic E-state index is 12.8. The SMILES string of the molecule is COC(=O)C1=C(C)N(c2cccnc2)C(C)=CC1c1ccnc2ccccc12. The zero-order valence-corrected chi connectivity index (χ0v) is 16.1. The second-order valence-electron chi connectivity index (χ2n) is 6.74. The average molecular weight is 371 g/mol. The molecule has 1 atom stereocenters. The molecule has 0 amide bonds. The van der Waals surface area contributed by atoms with Crippen LogP contribution in [-0.2, 0) is 9.53 Å². The summed E-state index contributed by atoms with van der Waals surface area (Å²) >= 11 is 0. The lowest BCUT2D eigenvalue weighted by Crippen LogP contribution is -2.29. The first-order valence-corrected chi connectivity index (χ1v) is 9.13. The van der Waals surface area contributed by atoms with Crippen molar-refractivity contribution in [1.82, 2.24) is 9.97 Å². The first-order valence-electron chi connectivity index (χ1n) is 9.13. The maximum absolute atomic E-state index is 12.8. The van der Waals surface area contributed by atoms with Gasteiger partial charge in [0.2, 0.25) is 0 Å². The fraction of sp³-hybridized carbons (Fsp3) is 0.174. The molecule has 0 saturated carbocycles. The Morgan fingerprint density at radius 3 is 2.64 bits per heavy atom. The molecule has 28 heavy (non-hydrogen) atoms. The molecule has 0 radical (unpaired) electrons. The van der Waals surface area contributed by atoms with E-state index in [0.29, 0.717) is 5.57 Å². The van der Waals surface area contributed by atoms with Gasteiger partial charge in [0.1, 0.15) is 0 Å². The van der Waals surface area contributed by atoms with E-state index in [1.165, 1.54) is 7.11 Å². The zero-order valence-electron chi connectivity index (χ0n) is 16.1. The molecule has 1 aliphatic rings. The number of aromatic nitrogens is 2. The third kappa shape index (κ3) is 2.95. The molecular formula is C23H21N3O2. The van der Waals surface area contributed by atoms with Crippen LogP contribution in [0.25, 0.3) is 10.9 Å². The highest BCUT2D eigenvalue weighted by Crippen LogP contribution is 2.40. The van der Waals surface area contributed by atoms with Gasteiger partial charge in [-0.1, -0.05) is 24.3 Å². The number of anilines is 1. The molecule has 2 aromatic heterocycles. The van der Waals surface area contributed by atoms with Crippen LogP contribution in [0.4, 0.5) is 5.69 Å². The van der Waals surface area contributed by atoms with Crippen molar-refractivity contribution >= 4 is 22.6 Å². The van der Waals surface area contributed by atoms with E-state index < -0.39 is 0 Å².